The normalized spacial score (nSPS) is 17.2. The zero-order chi connectivity index (χ0) is 18.3. The fourth-order valence-corrected chi connectivity index (χ4v) is 3.65. The average Bonchev–Trinajstić information content (AvgIpc) is 3.47. The van der Waals surface area contributed by atoms with Gasteiger partial charge in [0.25, 0.3) is 0 Å². The number of amides is 1. The zero-order valence-electron chi connectivity index (χ0n) is 14.7. The van der Waals surface area contributed by atoms with Crippen LogP contribution in [-0.2, 0) is 16.1 Å². The van der Waals surface area contributed by atoms with E-state index in [4.69, 9.17) is 0 Å². The number of rotatable bonds is 4. The first-order valence-electron chi connectivity index (χ1n) is 8.91. The maximum atomic E-state index is 13.9. The van der Waals surface area contributed by atoms with Crippen molar-refractivity contribution in [3.05, 3.63) is 70.5 Å². The van der Waals surface area contributed by atoms with Crippen molar-refractivity contribution >= 4 is 23.5 Å². The van der Waals surface area contributed by atoms with E-state index in [2.05, 4.69) is 0 Å². The number of aldehydes is 1. The van der Waals surface area contributed by atoms with Crippen LogP contribution in [-0.4, -0.2) is 12.2 Å². The lowest BCUT2D eigenvalue weighted by Gasteiger charge is -2.24. The first-order valence-corrected chi connectivity index (χ1v) is 8.91. The molecule has 1 amide bonds. The Morgan fingerprint density at radius 1 is 1.19 bits per heavy atom. The lowest BCUT2D eigenvalue weighted by atomic mass is 9.94. The Labute approximate surface area is 152 Å². The van der Waals surface area contributed by atoms with E-state index < -0.39 is 0 Å². The summed E-state index contributed by atoms with van der Waals surface area (Å²) in [5.74, 6) is -0.0412. The highest BCUT2D eigenvalue weighted by atomic mass is 19.1. The van der Waals surface area contributed by atoms with Crippen molar-refractivity contribution in [1.29, 1.82) is 0 Å². The maximum absolute atomic E-state index is 13.9. The summed E-state index contributed by atoms with van der Waals surface area (Å²) in [4.78, 5) is 26.3. The van der Waals surface area contributed by atoms with Crippen LogP contribution in [0.25, 0.3) is 5.57 Å². The molecule has 1 saturated carbocycles. The Morgan fingerprint density at radius 3 is 2.65 bits per heavy atom. The molecule has 1 aliphatic heterocycles. The fraction of sp³-hybridized carbons (Fsp3) is 0.273. The van der Waals surface area contributed by atoms with E-state index in [0.29, 0.717) is 17.1 Å². The third-order valence-corrected chi connectivity index (χ3v) is 5.18. The summed E-state index contributed by atoms with van der Waals surface area (Å²) in [6.07, 6.45) is 3.03. The minimum atomic E-state index is -0.275. The van der Waals surface area contributed by atoms with Crippen LogP contribution in [0.5, 0.6) is 0 Å². The molecule has 0 saturated heterocycles. The quantitative estimate of drug-likeness (QED) is 0.766. The number of carbonyl (C=O) groups is 2. The molecule has 0 spiro atoms. The minimum absolute atomic E-state index is 0.0956. The molecule has 0 N–H and O–H groups in total. The first kappa shape index (κ1) is 16.7. The molecule has 0 atom stereocenters. The monoisotopic (exact) mass is 349 g/mol. The number of benzene rings is 2. The summed E-state index contributed by atoms with van der Waals surface area (Å²) in [6, 6.07) is 12.8. The van der Waals surface area contributed by atoms with Gasteiger partial charge in [-0.05, 0) is 54.5 Å². The van der Waals surface area contributed by atoms with E-state index in [-0.39, 0.29) is 24.7 Å². The van der Waals surface area contributed by atoms with E-state index in [1.165, 1.54) is 6.07 Å². The van der Waals surface area contributed by atoms with Gasteiger partial charge in [0.1, 0.15) is 12.1 Å². The van der Waals surface area contributed by atoms with Crippen molar-refractivity contribution in [2.45, 2.75) is 32.7 Å². The van der Waals surface area contributed by atoms with Crippen LogP contribution >= 0.6 is 0 Å². The van der Waals surface area contributed by atoms with Gasteiger partial charge in [0.2, 0.25) is 5.91 Å². The number of hydrogen-bond acceptors (Lipinski definition) is 2. The van der Waals surface area contributed by atoms with Crippen molar-refractivity contribution in [2.24, 2.45) is 5.92 Å². The molecule has 4 rings (SSSR count). The van der Waals surface area contributed by atoms with Gasteiger partial charge in [-0.15, -0.1) is 0 Å². The number of anilines is 1. The van der Waals surface area contributed by atoms with Gasteiger partial charge in [0.05, 0.1) is 18.7 Å². The second kappa shape index (κ2) is 6.52. The minimum Gasteiger partial charge on any atom is -0.307 e. The number of allylic oxidation sites excluding steroid dienone is 1. The molecule has 132 valence electrons. The third kappa shape index (κ3) is 2.96. The Balaban J connectivity index is 1.79. The highest BCUT2D eigenvalue weighted by Crippen LogP contribution is 2.48. The van der Waals surface area contributed by atoms with Gasteiger partial charge >= 0.3 is 0 Å². The number of halogens is 1. The number of para-hydroxylation sites is 1. The van der Waals surface area contributed by atoms with Crippen molar-refractivity contribution in [1.82, 2.24) is 0 Å². The van der Waals surface area contributed by atoms with Gasteiger partial charge in [-0.25, -0.2) is 4.39 Å². The SMILES string of the molecule is Cc1ccc(CN2C(=O)CC(C=O)=C(C3CC3)c3ccccc32)cc1F. The van der Waals surface area contributed by atoms with Crippen molar-refractivity contribution in [3.63, 3.8) is 0 Å². The molecule has 1 heterocycles. The molecule has 0 unspecified atom stereocenters. The third-order valence-electron chi connectivity index (χ3n) is 5.18. The lowest BCUT2D eigenvalue weighted by molar-refractivity contribution is -0.118. The maximum Gasteiger partial charge on any atom is 0.231 e. The van der Waals surface area contributed by atoms with E-state index in [1.54, 1.807) is 17.9 Å². The lowest BCUT2D eigenvalue weighted by Crippen LogP contribution is -2.30. The molecule has 1 aliphatic carbocycles. The smallest absolute Gasteiger partial charge is 0.231 e. The van der Waals surface area contributed by atoms with Gasteiger partial charge in [-0.3, -0.25) is 9.59 Å². The molecule has 26 heavy (non-hydrogen) atoms. The topological polar surface area (TPSA) is 37.4 Å². The van der Waals surface area contributed by atoms with Crippen LogP contribution in [0.2, 0.25) is 0 Å². The molecule has 4 heteroatoms. The van der Waals surface area contributed by atoms with E-state index >= 15 is 0 Å². The number of hydrogen-bond donors (Lipinski definition) is 0. The number of nitrogens with zero attached hydrogens (tertiary/aromatic N) is 1. The molecule has 0 bridgehead atoms. The predicted octanol–water partition coefficient (Wildman–Crippen LogP) is 4.43. The average molecular weight is 349 g/mol. The van der Waals surface area contributed by atoms with E-state index in [9.17, 15) is 14.0 Å². The molecule has 3 nitrogen and oxygen atoms in total. The standard InChI is InChI=1S/C22H20FNO2/c1-14-6-7-15(10-19(14)23)12-24-20-5-3-2-4-18(20)22(16-8-9-16)17(13-25)11-21(24)26/h2-7,10,13,16H,8-9,11-12H2,1H3. The van der Waals surface area contributed by atoms with E-state index in [1.807, 2.05) is 30.3 Å². The molecule has 2 aliphatic rings. The molecular weight excluding hydrogens is 329 g/mol. The molecule has 2 aromatic rings. The van der Waals surface area contributed by atoms with Gasteiger partial charge in [-0.1, -0.05) is 30.3 Å². The van der Waals surface area contributed by atoms with Crippen molar-refractivity contribution in [2.75, 3.05) is 4.90 Å². The Bertz CT molecular complexity index is 927. The van der Waals surface area contributed by atoms with Gasteiger partial charge in [0.15, 0.2) is 0 Å². The summed E-state index contributed by atoms with van der Waals surface area (Å²) in [6.45, 7) is 2.00. The van der Waals surface area contributed by atoms with Crippen molar-refractivity contribution in [3.8, 4) is 0 Å². The second-order valence-corrected chi connectivity index (χ2v) is 7.09. The molecule has 0 aromatic heterocycles. The summed E-state index contributed by atoms with van der Waals surface area (Å²) in [5.41, 5.74) is 4.67. The van der Waals surface area contributed by atoms with Crippen LogP contribution < -0.4 is 4.90 Å². The Kier molecular flexibility index (Phi) is 4.19. The van der Waals surface area contributed by atoms with Crippen molar-refractivity contribution < 1.29 is 14.0 Å². The van der Waals surface area contributed by atoms with Gasteiger partial charge in [0, 0.05) is 11.1 Å². The fourth-order valence-electron chi connectivity index (χ4n) is 3.65. The highest BCUT2D eigenvalue weighted by molar-refractivity contribution is 6.07. The predicted molar refractivity (Wildman–Crippen MR) is 99.1 cm³/mol. The van der Waals surface area contributed by atoms with Crippen LogP contribution in [0.4, 0.5) is 10.1 Å². The number of carbonyl (C=O) groups excluding carboxylic acids is 2. The van der Waals surface area contributed by atoms with Crippen LogP contribution in [0.15, 0.2) is 48.0 Å². The van der Waals surface area contributed by atoms with E-state index in [0.717, 1.165) is 41.5 Å². The highest BCUT2D eigenvalue weighted by Gasteiger charge is 2.35. The van der Waals surface area contributed by atoms with Gasteiger partial charge < -0.3 is 4.90 Å². The first-order chi connectivity index (χ1) is 12.6. The van der Waals surface area contributed by atoms with Gasteiger partial charge in [-0.2, -0.15) is 0 Å². The van der Waals surface area contributed by atoms with Crippen LogP contribution in [0.3, 0.4) is 0 Å². The largest absolute Gasteiger partial charge is 0.307 e. The molecule has 2 aromatic carbocycles. The molecular formula is C22H20FNO2. The Morgan fingerprint density at radius 2 is 1.96 bits per heavy atom. The summed E-state index contributed by atoms with van der Waals surface area (Å²) < 4.78 is 13.9. The number of aryl methyl sites for hydroxylation is 1. The summed E-state index contributed by atoms with van der Waals surface area (Å²) >= 11 is 0. The second-order valence-electron chi connectivity index (χ2n) is 7.09. The van der Waals surface area contributed by atoms with Crippen LogP contribution in [0, 0.1) is 18.7 Å². The molecule has 1 fully saturated rings. The zero-order valence-corrected chi connectivity index (χ0v) is 14.7. The van der Waals surface area contributed by atoms with Crippen LogP contribution in [0.1, 0.15) is 36.0 Å². The summed E-state index contributed by atoms with van der Waals surface area (Å²) in [5, 5.41) is 0. The Hall–Kier alpha value is -2.75. The molecule has 0 radical (unpaired) electrons. The summed E-state index contributed by atoms with van der Waals surface area (Å²) in [7, 11) is 0. The number of fused-ring (bicyclic) bond motifs is 1.